The minimum atomic E-state index is -0.623. The van der Waals surface area contributed by atoms with Crippen LogP contribution >= 0.6 is 0 Å². The molecule has 7 nitrogen and oxygen atoms in total. The molecule has 0 atom stereocenters. The first-order valence-electron chi connectivity index (χ1n) is 6.75. The Labute approximate surface area is 128 Å². The van der Waals surface area contributed by atoms with Gasteiger partial charge in [0.15, 0.2) is 0 Å². The standard InChI is InChI=1S/C15H19NO6/c1-20-13(17)7-5-4-6-10-9-16-12(15(19)22-3)8-11(10)14(18)21-2/h8-9H,4-7H2,1-3H3. The van der Waals surface area contributed by atoms with E-state index in [4.69, 9.17) is 4.74 Å². The number of rotatable bonds is 7. The predicted octanol–water partition coefficient (Wildman–Crippen LogP) is 1.54. The number of pyridine rings is 1. The van der Waals surface area contributed by atoms with Crippen LogP contribution in [0.5, 0.6) is 0 Å². The molecule has 0 amide bonds. The van der Waals surface area contributed by atoms with Crippen LogP contribution in [0.4, 0.5) is 0 Å². The maximum Gasteiger partial charge on any atom is 0.356 e. The molecule has 0 aliphatic carbocycles. The van der Waals surface area contributed by atoms with Crippen LogP contribution in [-0.2, 0) is 25.4 Å². The van der Waals surface area contributed by atoms with Gasteiger partial charge < -0.3 is 14.2 Å². The van der Waals surface area contributed by atoms with Crippen molar-refractivity contribution in [1.82, 2.24) is 4.98 Å². The van der Waals surface area contributed by atoms with Crippen molar-refractivity contribution >= 4 is 17.9 Å². The second kappa shape index (κ2) is 8.76. The maximum absolute atomic E-state index is 11.8. The molecule has 1 rings (SSSR count). The van der Waals surface area contributed by atoms with Crippen molar-refractivity contribution in [3.8, 4) is 0 Å². The summed E-state index contributed by atoms with van der Waals surface area (Å²) in [5.74, 6) is -1.44. The average molecular weight is 309 g/mol. The minimum Gasteiger partial charge on any atom is -0.469 e. The molecule has 0 aliphatic rings. The van der Waals surface area contributed by atoms with E-state index in [0.717, 1.165) is 0 Å². The highest BCUT2D eigenvalue weighted by atomic mass is 16.5. The molecule has 0 saturated heterocycles. The molecular formula is C15H19NO6. The molecule has 1 aromatic heterocycles. The van der Waals surface area contributed by atoms with E-state index in [1.165, 1.54) is 33.6 Å². The van der Waals surface area contributed by atoms with Gasteiger partial charge >= 0.3 is 17.9 Å². The largest absolute Gasteiger partial charge is 0.469 e. The zero-order valence-corrected chi connectivity index (χ0v) is 12.9. The van der Waals surface area contributed by atoms with Gasteiger partial charge in [0.2, 0.25) is 0 Å². The molecule has 0 N–H and O–H groups in total. The molecule has 1 heterocycles. The van der Waals surface area contributed by atoms with Gasteiger partial charge in [-0.15, -0.1) is 0 Å². The highest BCUT2D eigenvalue weighted by Gasteiger charge is 2.17. The lowest BCUT2D eigenvalue weighted by molar-refractivity contribution is -0.140. The summed E-state index contributed by atoms with van der Waals surface area (Å²) in [6.07, 6.45) is 3.62. The van der Waals surface area contributed by atoms with Crippen molar-refractivity contribution in [3.63, 3.8) is 0 Å². The zero-order chi connectivity index (χ0) is 16.5. The molecular weight excluding hydrogens is 290 g/mol. The monoisotopic (exact) mass is 309 g/mol. The molecule has 0 saturated carbocycles. The smallest absolute Gasteiger partial charge is 0.356 e. The summed E-state index contributed by atoms with van der Waals surface area (Å²) in [5.41, 5.74) is 0.974. The summed E-state index contributed by atoms with van der Waals surface area (Å²) in [5, 5.41) is 0. The Morgan fingerprint density at radius 2 is 1.68 bits per heavy atom. The van der Waals surface area contributed by atoms with Crippen LogP contribution in [0.2, 0.25) is 0 Å². The van der Waals surface area contributed by atoms with E-state index in [2.05, 4.69) is 14.5 Å². The first-order chi connectivity index (χ1) is 10.5. The van der Waals surface area contributed by atoms with Gasteiger partial charge in [-0.25, -0.2) is 14.6 Å². The quantitative estimate of drug-likeness (QED) is 0.428. The predicted molar refractivity (Wildman–Crippen MR) is 76.5 cm³/mol. The number of hydrogen-bond acceptors (Lipinski definition) is 7. The molecule has 0 aliphatic heterocycles. The number of aryl methyl sites for hydroxylation is 1. The fourth-order valence-corrected chi connectivity index (χ4v) is 1.89. The lowest BCUT2D eigenvalue weighted by Gasteiger charge is -2.09. The number of esters is 3. The summed E-state index contributed by atoms with van der Waals surface area (Å²) < 4.78 is 13.9. The van der Waals surface area contributed by atoms with Crippen LogP contribution in [0.1, 0.15) is 45.7 Å². The van der Waals surface area contributed by atoms with Crippen LogP contribution < -0.4 is 0 Å². The SMILES string of the molecule is COC(=O)CCCCc1cnc(C(=O)OC)cc1C(=O)OC. The van der Waals surface area contributed by atoms with Crippen molar-refractivity contribution in [1.29, 1.82) is 0 Å². The first kappa shape index (κ1) is 17.6. The number of ether oxygens (including phenoxy) is 3. The van der Waals surface area contributed by atoms with E-state index in [1.807, 2.05) is 0 Å². The molecule has 0 fully saturated rings. The fraction of sp³-hybridized carbons (Fsp3) is 0.467. The Morgan fingerprint density at radius 1 is 1.00 bits per heavy atom. The summed E-state index contributed by atoms with van der Waals surface area (Å²) in [4.78, 5) is 38.3. The van der Waals surface area contributed by atoms with Gasteiger partial charge in [-0.3, -0.25) is 4.79 Å². The topological polar surface area (TPSA) is 91.8 Å². The van der Waals surface area contributed by atoms with E-state index >= 15 is 0 Å². The van der Waals surface area contributed by atoms with Gasteiger partial charge in [-0.2, -0.15) is 0 Å². The Balaban J connectivity index is 2.82. The zero-order valence-electron chi connectivity index (χ0n) is 12.9. The van der Waals surface area contributed by atoms with Gasteiger partial charge in [0, 0.05) is 12.6 Å². The number of unbranched alkanes of at least 4 members (excludes halogenated alkanes) is 1. The molecule has 22 heavy (non-hydrogen) atoms. The third kappa shape index (κ3) is 4.83. The van der Waals surface area contributed by atoms with Crippen LogP contribution in [0.15, 0.2) is 12.3 Å². The van der Waals surface area contributed by atoms with Crippen molar-refractivity contribution in [3.05, 3.63) is 29.1 Å². The normalized spacial score (nSPS) is 9.95. The summed E-state index contributed by atoms with van der Waals surface area (Å²) >= 11 is 0. The van der Waals surface area contributed by atoms with Crippen molar-refractivity contribution < 1.29 is 28.6 Å². The van der Waals surface area contributed by atoms with Crippen molar-refractivity contribution in [2.75, 3.05) is 21.3 Å². The van der Waals surface area contributed by atoms with E-state index in [1.54, 1.807) is 0 Å². The third-order valence-corrected chi connectivity index (χ3v) is 3.09. The van der Waals surface area contributed by atoms with Crippen LogP contribution in [0.25, 0.3) is 0 Å². The molecule has 0 aromatic carbocycles. The van der Waals surface area contributed by atoms with Crippen molar-refractivity contribution in [2.24, 2.45) is 0 Å². The van der Waals surface area contributed by atoms with Gasteiger partial charge in [0.1, 0.15) is 5.69 Å². The van der Waals surface area contributed by atoms with Gasteiger partial charge in [-0.1, -0.05) is 0 Å². The second-order valence-corrected chi connectivity index (χ2v) is 4.49. The lowest BCUT2D eigenvalue weighted by atomic mass is 10.0. The van der Waals surface area contributed by atoms with E-state index < -0.39 is 11.9 Å². The van der Waals surface area contributed by atoms with Crippen LogP contribution in [0, 0.1) is 0 Å². The van der Waals surface area contributed by atoms with Crippen LogP contribution in [-0.4, -0.2) is 44.2 Å². The molecule has 120 valence electrons. The average Bonchev–Trinajstić information content (AvgIpc) is 2.56. The number of carbonyl (C=O) groups excluding carboxylic acids is 3. The van der Waals surface area contributed by atoms with Crippen molar-refractivity contribution in [2.45, 2.75) is 25.7 Å². The second-order valence-electron chi connectivity index (χ2n) is 4.49. The maximum atomic E-state index is 11.8. The Kier molecular flexibility index (Phi) is 7.01. The number of aromatic nitrogens is 1. The summed E-state index contributed by atoms with van der Waals surface area (Å²) in [7, 11) is 3.84. The first-order valence-corrected chi connectivity index (χ1v) is 6.75. The summed E-state index contributed by atoms with van der Waals surface area (Å²) in [6, 6.07) is 1.35. The highest BCUT2D eigenvalue weighted by Crippen LogP contribution is 2.15. The van der Waals surface area contributed by atoms with Crippen LogP contribution in [0.3, 0.4) is 0 Å². The number of methoxy groups -OCH3 is 3. The molecule has 1 aromatic rings. The Morgan fingerprint density at radius 3 is 2.27 bits per heavy atom. The lowest BCUT2D eigenvalue weighted by Crippen LogP contribution is -2.12. The van der Waals surface area contributed by atoms with Gasteiger partial charge in [-0.05, 0) is 30.9 Å². The van der Waals surface area contributed by atoms with Gasteiger partial charge in [0.25, 0.3) is 0 Å². The van der Waals surface area contributed by atoms with E-state index in [-0.39, 0.29) is 17.2 Å². The molecule has 0 bridgehead atoms. The molecule has 0 radical (unpaired) electrons. The highest BCUT2D eigenvalue weighted by molar-refractivity contribution is 5.95. The third-order valence-electron chi connectivity index (χ3n) is 3.09. The minimum absolute atomic E-state index is 0.0428. The molecule has 7 heteroatoms. The Hall–Kier alpha value is -2.44. The van der Waals surface area contributed by atoms with Gasteiger partial charge in [0.05, 0.1) is 26.9 Å². The molecule has 0 unspecified atom stereocenters. The fourth-order valence-electron chi connectivity index (χ4n) is 1.89. The Bertz CT molecular complexity index is 555. The van der Waals surface area contributed by atoms with E-state index in [9.17, 15) is 14.4 Å². The number of hydrogen-bond donors (Lipinski definition) is 0. The number of carbonyl (C=O) groups is 3. The number of nitrogens with zero attached hydrogens (tertiary/aromatic N) is 1. The summed E-state index contributed by atoms with van der Waals surface area (Å²) in [6.45, 7) is 0. The van der Waals surface area contributed by atoms with E-state index in [0.29, 0.717) is 31.2 Å². The molecule has 0 spiro atoms.